The van der Waals surface area contributed by atoms with E-state index in [1.54, 1.807) is 0 Å². The van der Waals surface area contributed by atoms with Crippen molar-refractivity contribution in [1.29, 1.82) is 0 Å². The normalized spacial score (nSPS) is 13.7. The predicted molar refractivity (Wildman–Crippen MR) is 59.9 cm³/mol. The van der Waals surface area contributed by atoms with Crippen LogP contribution in [0.15, 0.2) is 30.3 Å². The van der Waals surface area contributed by atoms with E-state index >= 15 is 0 Å². The lowest BCUT2D eigenvalue weighted by Gasteiger charge is -2.04. The molecule has 2 heteroatoms. The Kier molecular flexibility index (Phi) is 3.11. The molecule has 0 fully saturated rings. The molecule has 1 aromatic rings. The molecule has 0 aliphatic carbocycles. The number of benzene rings is 1. The molecule has 1 N–H and O–H groups in total. The van der Waals surface area contributed by atoms with Crippen LogP contribution in [0.25, 0.3) is 6.08 Å². The summed E-state index contributed by atoms with van der Waals surface area (Å²) >= 11 is 0. The summed E-state index contributed by atoms with van der Waals surface area (Å²) in [6.45, 7) is 1.05. The molecule has 0 aromatic heterocycles. The number of hydrogen-bond donors (Lipinski definition) is 1. The molecule has 1 nitrogen and oxygen atoms in total. The first-order valence-electron chi connectivity index (χ1n) is 3.96. The largest absolute Gasteiger partial charge is 0.384 e. The fourth-order valence-corrected chi connectivity index (χ4v) is 1.30. The van der Waals surface area contributed by atoms with Crippen LogP contribution in [-0.4, -0.2) is 17.5 Å². The Morgan fingerprint density at radius 2 is 2.00 bits per heavy atom. The second kappa shape index (κ2) is 4.12. The van der Waals surface area contributed by atoms with Crippen LogP contribution in [0.1, 0.15) is 12.0 Å². The minimum Gasteiger partial charge on any atom is -0.384 e. The van der Waals surface area contributed by atoms with Gasteiger partial charge in [-0.25, -0.2) is 0 Å². The molecule has 1 aliphatic heterocycles. The first-order valence-corrected chi connectivity index (χ1v) is 3.96. The van der Waals surface area contributed by atoms with Crippen molar-refractivity contribution in [3.63, 3.8) is 0 Å². The third-order valence-electron chi connectivity index (χ3n) is 1.88. The molecule has 0 radical (unpaired) electrons. The number of anilines is 1. The van der Waals surface area contributed by atoms with Gasteiger partial charge in [0.2, 0.25) is 0 Å². The zero-order valence-corrected chi connectivity index (χ0v) is 6.38. The van der Waals surface area contributed by atoms with Crippen molar-refractivity contribution >= 4 is 22.7 Å². The van der Waals surface area contributed by atoms with Gasteiger partial charge in [0.25, 0.3) is 0 Å². The van der Waals surface area contributed by atoms with Crippen LogP contribution < -0.4 is 5.32 Å². The highest BCUT2D eigenvalue weighted by Crippen LogP contribution is 2.18. The van der Waals surface area contributed by atoms with E-state index in [-0.39, 0.29) is 11.0 Å². The molecule has 64 valence electrons. The summed E-state index contributed by atoms with van der Waals surface area (Å²) in [5.41, 5.74) is 2.55. The third kappa shape index (κ3) is 1.77. The summed E-state index contributed by atoms with van der Waals surface area (Å²) < 4.78 is 0. The molecule has 0 saturated heterocycles. The van der Waals surface area contributed by atoms with E-state index in [2.05, 4.69) is 41.7 Å². The highest BCUT2D eigenvalue weighted by molar-refractivity contribution is 5.75. The van der Waals surface area contributed by atoms with Crippen molar-refractivity contribution < 1.29 is 0 Å². The van der Waals surface area contributed by atoms with Gasteiger partial charge in [0.15, 0.2) is 0 Å². The third-order valence-corrected chi connectivity index (χ3v) is 1.88. The summed E-state index contributed by atoms with van der Waals surface area (Å²) in [6.07, 6.45) is 5.50. The van der Waals surface area contributed by atoms with Gasteiger partial charge < -0.3 is 5.32 Å². The minimum absolute atomic E-state index is 0. The summed E-state index contributed by atoms with van der Waals surface area (Å²) in [6, 6.07) is 8.37. The summed E-state index contributed by atoms with van der Waals surface area (Å²) in [4.78, 5) is 0. The van der Waals surface area contributed by atoms with Gasteiger partial charge in [-0.3, -0.25) is 0 Å². The van der Waals surface area contributed by atoms with Crippen LogP contribution in [0.5, 0.6) is 0 Å². The number of para-hydroxylation sites is 1. The predicted octanol–water partition coefficient (Wildman–Crippen LogP) is 1.06. The fraction of sp³-hybridized carbons (Fsp3) is 0.200. The maximum atomic E-state index is 3.36. The fourth-order valence-electron chi connectivity index (χ4n) is 1.30. The molecule has 0 unspecified atom stereocenters. The highest BCUT2D eigenvalue weighted by atomic mass is 28.1. The van der Waals surface area contributed by atoms with Gasteiger partial charge in [-0.05, 0) is 29.0 Å². The molecule has 2 rings (SSSR count). The van der Waals surface area contributed by atoms with Crippen LogP contribution in [0.3, 0.4) is 0 Å². The van der Waals surface area contributed by atoms with Crippen molar-refractivity contribution in [3.05, 3.63) is 35.9 Å². The maximum absolute atomic E-state index is 3.36. The Morgan fingerprint density at radius 3 is 2.92 bits per heavy atom. The molecule has 0 atom stereocenters. The quantitative estimate of drug-likeness (QED) is 0.584. The zero-order chi connectivity index (χ0) is 7.52. The SMILES string of the molecule is C1=Cc2ccccc2NCC1.[SiH4]. The molecule has 1 aromatic carbocycles. The molecule has 12 heavy (non-hydrogen) atoms. The second-order valence-electron chi connectivity index (χ2n) is 2.71. The van der Waals surface area contributed by atoms with E-state index in [0.717, 1.165) is 13.0 Å². The lowest BCUT2D eigenvalue weighted by atomic mass is 10.2. The maximum Gasteiger partial charge on any atom is 0.0413 e. The Balaban J connectivity index is 0.000000720. The van der Waals surface area contributed by atoms with E-state index in [1.807, 2.05) is 0 Å². The van der Waals surface area contributed by atoms with E-state index < -0.39 is 0 Å². The van der Waals surface area contributed by atoms with Gasteiger partial charge in [-0.1, -0.05) is 30.4 Å². The van der Waals surface area contributed by atoms with Crippen molar-refractivity contribution in [2.45, 2.75) is 6.42 Å². The van der Waals surface area contributed by atoms with Crippen molar-refractivity contribution in [2.24, 2.45) is 0 Å². The molecule has 0 spiro atoms. The first-order chi connectivity index (χ1) is 5.47. The molecule has 0 saturated carbocycles. The van der Waals surface area contributed by atoms with Crippen LogP contribution in [0, 0.1) is 0 Å². The number of nitrogens with one attached hydrogen (secondary N) is 1. The second-order valence-corrected chi connectivity index (χ2v) is 2.71. The Bertz CT molecular complexity index is 281. The monoisotopic (exact) mass is 177 g/mol. The van der Waals surface area contributed by atoms with E-state index in [4.69, 9.17) is 0 Å². The molecule has 0 amide bonds. The molecule has 1 heterocycles. The van der Waals surface area contributed by atoms with Crippen LogP contribution in [-0.2, 0) is 0 Å². The Labute approximate surface area is 77.5 Å². The molecular formula is C10H15NSi. The summed E-state index contributed by atoms with van der Waals surface area (Å²) in [5, 5.41) is 3.36. The highest BCUT2D eigenvalue weighted by Gasteiger charge is 1.98. The van der Waals surface area contributed by atoms with Crippen LogP contribution in [0.2, 0.25) is 0 Å². The average Bonchev–Trinajstić information content (AvgIpc) is 2.28. The average molecular weight is 177 g/mol. The smallest absolute Gasteiger partial charge is 0.0413 e. The minimum atomic E-state index is 0. The van der Waals surface area contributed by atoms with Crippen LogP contribution >= 0.6 is 0 Å². The number of hydrogen-bond acceptors (Lipinski definition) is 1. The lowest BCUT2D eigenvalue weighted by Crippen LogP contribution is -1.98. The van der Waals surface area contributed by atoms with Crippen molar-refractivity contribution in [2.75, 3.05) is 11.9 Å². The number of fused-ring (bicyclic) bond motifs is 1. The molecular weight excluding hydrogens is 162 g/mol. The van der Waals surface area contributed by atoms with Gasteiger partial charge in [-0.2, -0.15) is 0 Å². The van der Waals surface area contributed by atoms with E-state index in [9.17, 15) is 0 Å². The van der Waals surface area contributed by atoms with Gasteiger partial charge in [-0.15, -0.1) is 0 Å². The standard InChI is InChI=1S/C10H11N.H4Si/c1-2-7-10-9(5-1)6-3-4-8-11-10;/h1-3,5-7,11H,4,8H2;1H4. The summed E-state index contributed by atoms with van der Waals surface area (Å²) in [5.74, 6) is 0. The van der Waals surface area contributed by atoms with Crippen molar-refractivity contribution in [1.82, 2.24) is 0 Å². The van der Waals surface area contributed by atoms with Gasteiger partial charge in [0, 0.05) is 12.2 Å². The molecule has 0 bridgehead atoms. The van der Waals surface area contributed by atoms with Gasteiger partial charge in [0.05, 0.1) is 0 Å². The van der Waals surface area contributed by atoms with E-state index in [0.29, 0.717) is 0 Å². The molecule has 1 aliphatic rings. The zero-order valence-electron chi connectivity index (χ0n) is 6.38. The Morgan fingerprint density at radius 1 is 1.17 bits per heavy atom. The number of rotatable bonds is 0. The van der Waals surface area contributed by atoms with Gasteiger partial charge in [0.1, 0.15) is 0 Å². The summed E-state index contributed by atoms with van der Waals surface area (Å²) in [7, 11) is 0. The van der Waals surface area contributed by atoms with Crippen molar-refractivity contribution in [3.8, 4) is 0 Å². The van der Waals surface area contributed by atoms with Crippen LogP contribution in [0.4, 0.5) is 5.69 Å². The lowest BCUT2D eigenvalue weighted by molar-refractivity contribution is 1.08. The van der Waals surface area contributed by atoms with E-state index in [1.165, 1.54) is 11.3 Å². The topological polar surface area (TPSA) is 12.0 Å². The van der Waals surface area contributed by atoms with Gasteiger partial charge >= 0.3 is 0 Å². The Hall–Kier alpha value is -1.02. The first kappa shape index (κ1) is 9.07.